The second-order valence-corrected chi connectivity index (χ2v) is 13.4. The van der Waals surface area contributed by atoms with Crippen LogP contribution in [0.15, 0.2) is 212 Å². The Labute approximate surface area is 345 Å². The van der Waals surface area contributed by atoms with Gasteiger partial charge in [0, 0.05) is 36.9 Å². The van der Waals surface area contributed by atoms with Crippen LogP contribution in [0.1, 0.15) is 24.7 Å². The summed E-state index contributed by atoms with van der Waals surface area (Å²) >= 11 is 1.41. The Balaban J connectivity index is 1.32. The summed E-state index contributed by atoms with van der Waals surface area (Å²) in [4.78, 5) is 1.09. The van der Waals surface area contributed by atoms with Crippen molar-refractivity contribution in [3.05, 3.63) is 212 Å². The molecule has 0 fully saturated rings. The Kier molecular flexibility index (Phi) is 4.64. The molecule has 10 rings (SSSR count). The summed E-state index contributed by atoms with van der Waals surface area (Å²) < 4.78 is 162. The molecule has 9 aromatic carbocycles. The van der Waals surface area contributed by atoms with Gasteiger partial charge in [0.05, 0.1) is 30.4 Å². The Morgan fingerprint density at radius 1 is 0.389 bits per heavy atom. The zero-order valence-electron chi connectivity index (χ0n) is 46.2. The van der Waals surface area contributed by atoms with E-state index in [9.17, 15) is 11.0 Å². The molecule has 0 radical (unpaired) electrons. The molecule has 0 atom stereocenters. The van der Waals surface area contributed by atoms with Crippen molar-refractivity contribution < 1.29 is 24.7 Å². The van der Waals surface area contributed by atoms with Crippen molar-refractivity contribution in [1.82, 2.24) is 0 Å². The molecule has 0 spiro atoms. The molecule has 0 saturated carbocycles. The van der Waals surface area contributed by atoms with Gasteiger partial charge in [-0.25, -0.2) is 0 Å². The number of thiophene rings is 1. The third-order valence-electron chi connectivity index (χ3n) is 9.20. The van der Waals surface area contributed by atoms with Crippen molar-refractivity contribution in [2.24, 2.45) is 0 Å². The highest BCUT2D eigenvalue weighted by Crippen LogP contribution is 2.48. The Morgan fingerprint density at radius 3 is 1.52 bits per heavy atom. The van der Waals surface area contributed by atoms with Crippen LogP contribution < -0.4 is 4.90 Å². The number of nitrogens with zero attached hydrogens (tertiary/aromatic N) is 1. The van der Waals surface area contributed by atoms with Gasteiger partial charge in [0.25, 0.3) is 0 Å². The van der Waals surface area contributed by atoms with Gasteiger partial charge in [-0.15, -0.1) is 11.3 Å². The number of rotatable bonds is 7. The van der Waals surface area contributed by atoms with E-state index in [2.05, 4.69) is 0 Å². The average Bonchev–Trinajstić information content (AvgIpc) is 3.78. The van der Waals surface area contributed by atoms with Gasteiger partial charge in [-0.2, -0.15) is 0 Å². The minimum Gasteiger partial charge on any atom is -0.310 e. The van der Waals surface area contributed by atoms with E-state index in [1.807, 2.05) is 91.0 Å². The molecule has 0 aliphatic rings. The molecule has 1 nitrogen and oxygen atoms in total. The quantitative estimate of drug-likeness (QED) is 0.158. The highest BCUT2D eigenvalue weighted by Gasteiger charge is 2.21. The van der Waals surface area contributed by atoms with E-state index in [-0.39, 0.29) is 5.69 Å². The molecule has 1 heterocycles. The fourth-order valence-electron chi connectivity index (χ4n) is 6.72. The van der Waals surface area contributed by atoms with Crippen molar-refractivity contribution in [3.63, 3.8) is 0 Å². The van der Waals surface area contributed by atoms with Crippen LogP contribution >= 0.6 is 11.3 Å². The SMILES string of the molecule is [2H]c1c([2H])c([2H])c(-c2c([2H])c([2H])c(N(c3c([2H])c([2H])c(-c4c([2H])c([2H])c([2H])c([2H])c4[2H])c([2H])c3[2H])c3cccc4sc5c6ccccc6c(-c6ccc(-c7ccccc7)cc6)cc5c34)c([2H])c2[2H])c([2H])c1[2H]. The molecule has 0 N–H and O–H groups in total. The number of benzene rings is 9. The summed E-state index contributed by atoms with van der Waals surface area (Å²) in [5, 5.41) is 2.90. The molecule has 0 unspecified atom stereocenters. The Bertz CT molecular complexity index is 3710. The molecule has 10 aromatic rings. The molecule has 2 heteroatoms. The van der Waals surface area contributed by atoms with Crippen molar-refractivity contribution in [3.8, 4) is 44.5 Å². The van der Waals surface area contributed by atoms with E-state index >= 15 is 0 Å². The van der Waals surface area contributed by atoms with Crippen molar-refractivity contribution in [2.75, 3.05) is 4.90 Å². The lowest BCUT2D eigenvalue weighted by Gasteiger charge is -2.27. The topological polar surface area (TPSA) is 3.24 Å². The molecular formula is C52H35NS. The molecule has 0 saturated heterocycles. The van der Waals surface area contributed by atoms with Crippen LogP contribution in [0.2, 0.25) is 0 Å². The summed E-state index contributed by atoms with van der Waals surface area (Å²) in [6.45, 7) is 0. The zero-order valence-corrected chi connectivity index (χ0v) is 29.0. The lowest BCUT2D eigenvalue weighted by molar-refractivity contribution is 1.30. The van der Waals surface area contributed by atoms with E-state index in [1.54, 1.807) is 12.1 Å². The predicted molar refractivity (Wildman–Crippen MR) is 233 cm³/mol. The second-order valence-electron chi connectivity index (χ2n) is 12.3. The summed E-state index contributed by atoms with van der Waals surface area (Å²) in [5.74, 6) is 0. The lowest BCUT2D eigenvalue weighted by atomic mass is 9.94. The van der Waals surface area contributed by atoms with Crippen molar-refractivity contribution >= 4 is 59.3 Å². The molecule has 1 aromatic heterocycles. The van der Waals surface area contributed by atoms with E-state index in [1.165, 1.54) is 11.3 Å². The zero-order chi connectivity index (χ0) is 51.5. The highest BCUT2D eigenvalue weighted by atomic mass is 32.1. The van der Waals surface area contributed by atoms with Crippen LogP contribution in [-0.2, 0) is 0 Å². The van der Waals surface area contributed by atoms with Gasteiger partial charge in [-0.05, 0) is 92.3 Å². The molecule has 0 aliphatic heterocycles. The number of hydrogen-bond donors (Lipinski definition) is 0. The summed E-state index contributed by atoms with van der Waals surface area (Å²) in [6.07, 6.45) is 0. The van der Waals surface area contributed by atoms with Gasteiger partial charge < -0.3 is 4.90 Å². The van der Waals surface area contributed by atoms with Gasteiger partial charge in [0.2, 0.25) is 0 Å². The maximum atomic E-state index is 9.65. The normalized spacial score (nSPS) is 16.0. The predicted octanol–water partition coefficient (Wildman–Crippen LogP) is 15.3. The van der Waals surface area contributed by atoms with Crippen LogP contribution in [0.25, 0.3) is 75.5 Å². The summed E-state index contributed by atoms with van der Waals surface area (Å²) in [7, 11) is 0. The molecular weight excluding hydrogens is 671 g/mol. The monoisotopic (exact) mass is 723 g/mol. The van der Waals surface area contributed by atoms with E-state index in [4.69, 9.17) is 13.7 Å². The van der Waals surface area contributed by atoms with Gasteiger partial charge in [-0.3, -0.25) is 0 Å². The van der Waals surface area contributed by atoms with Crippen LogP contribution in [0.4, 0.5) is 17.1 Å². The van der Waals surface area contributed by atoms with Crippen molar-refractivity contribution in [1.29, 1.82) is 0 Å². The largest absolute Gasteiger partial charge is 0.310 e. The smallest absolute Gasteiger partial charge is 0.0645 e. The minimum absolute atomic E-state index is 0.0899. The standard InChI is InChI=1S/C52H35NS/c1-4-13-36(14-5-1)39-23-25-42(26-24-39)47-35-48-51-49(21-12-22-50(51)54-52(48)46-20-11-10-19-45(46)47)53(43-31-27-40(28-32-43)37-15-6-2-7-16-37)44-33-29-41(30-34-44)38-17-8-3-9-18-38/h1-35H/i2D,3D,6D,7D,8D,9D,15D,16D,17D,18D,27D,28D,29D,30D,31D,32D,33D,34D. The first-order chi connectivity index (χ1) is 34.3. The number of anilines is 3. The number of hydrogen-bond acceptors (Lipinski definition) is 2. The van der Waals surface area contributed by atoms with Crippen LogP contribution in [-0.4, -0.2) is 0 Å². The van der Waals surface area contributed by atoms with Crippen molar-refractivity contribution in [2.45, 2.75) is 0 Å². The van der Waals surface area contributed by atoms with Gasteiger partial charge in [0.1, 0.15) is 0 Å². The first kappa shape index (κ1) is 18.3. The number of fused-ring (bicyclic) bond motifs is 5. The third kappa shape index (κ3) is 5.74. The first-order valence-electron chi connectivity index (χ1n) is 26.0. The van der Waals surface area contributed by atoms with Gasteiger partial charge >= 0.3 is 0 Å². The summed E-state index contributed by atoms with van der Waals surface area (Å²) in [6, 6.07) is 18.5. The van der Waals surface area contributed by atoms with Gasteiger partial charge in [-0.1, -0.05) is 170 Å². The average molecular weight is 724 g/mol. The molecule has 0 amide bonds. The molecule has 0 aliphatic carbocycles. The Hall–Kier alpha value is -6.74. The van der Waals surface area contributed by atoms with E-state index < -0.39 is 142 Å². The van der Waals surface area contributed by atoms with Crippen LogP contribution in [0, 0.1) is 0 Å². The maximum Gasteiger partial charge on any atom is 0.0645 e. The maximum absolute atomic E-state index is 9.65. The fourth-order valence-corrected chi connectivity index (χ4v) is 7.96. The van der Waals surface area contributed by atoms with Crippen LogP contribution in [0.5, 0.6) is 0 Å². The first-order valence-corrected chi connectivity index (χ1v) is 17.8. The van der Waals surface area contributed by atoms with E-state index in [0.717, 1.165) is 42.6 Å². The Morgan fingerprint density at radius 2 is 0.907 bits per heavy atom. The highest BCUT2D eigenvalue weighted by molar-refractivity contribution is 7.26. The fraction of sp³-hybridized carbons (Fsp3) is 0. The molecule has 54 heavy (non-hydrogen) atoms. The summed E-state index contributed by atoms with van der Waals surface area (Å²) in [5.41, 5.74) is 0.241. The van der Waals surface area contributed by atoms with Crippen LogP contribution in [0.3, 0.4) is 0 Å². The second kappa shape index (κ2) is 13.7. The minimum atomic E-state index is -0.838. The van der Waals surface area contributed by atoms with E-state index in [0.29, 0.717) is 15.5 Å². The molecule has 254 valence electrons. The lowest BCUT2D eigenvalue weighted by Crippen LogP contribution is -2.10. The van der Waals surface area contributed by atoms with Gasteiger partial charge in [0.15, 0.2) is 0 Å². The third-order valence-corrected chi connectivity index (χ3v) is 10.4. The molecule has 0 bridgehead atoms.